The van der Waals surface area contributed by atoms with Crippen molar-refractivity contribution in [3.8, 4) is 5.75 Å². The maximum atomic E-state index is 12.8. The lowest BCUT2D eigenvalue weighted by Crippen LogP contribution is -2.52. The normalized spacial score (nSPS) is 11.1. The standard InChI is InChI=1S/C26H29N5O4/c1-18-7-9-20(10-8-18)29-25(33)23(16-28-24(32)15-27)31-26(34)30-21-11-13-22(14-12-21)35-17-19-5-3-2-4-6-19/h2-14,23H,15-17,27H2,1H3,(H,28,32)(H,29,33)(H2,30,31,34)/t23-/m0/s1. The molecule has 0 bridgehead atoms. The largest absolute Gasteiger partial charge is 0.489 e. The SMILES string of the molecule is Cc1ccc(NC(=O)[C@H](CNC(=O)CN)NC(=O)Nc2ccc(OCc3ccccc3)cc2)cc1. The Hall–Kier alpha value is -4.37. The number of anilines is 2. The minimum atomic E-state index is -1.03. The van der Waals surface area contributed by atoms with Crippen molar-refractivity contribution >= 4 is 29.2 Å². The summed E-state index contributed by atoms with van der Waals surface area (Å²) in [5, 5.41) is 10.5. The summed E-state index contributed by atoms with van der Waals surface area (Å²) in [6.45, 7) is 2.02. The van der Waals surface area contributed by atoms with Gasteiger partial charge < -0.3 is 31.7 Å². The summed E-state index contributed by atoms with van der Waals surface area (Å²) in [4.78, 5) is 36.9. The lowest BCUT2D eigenvalue weighted by atomic mass is 10.2. The predicted octanol–water partition coefficient (Wildman–Crippen LogP) is 2.78. The van der Waals surface area contributed by atoms with E-state index >= 15 is 0 Å². The second-order valence-electron chi connectivity index (χ2n) is 7.81. The van der Waals surface area contributed by atoms with E-state index in [1.165, 1.54) is 0 Å². The fourth-order valence-corrected chi connectivity index (χ4v) is 3.06. The van der Waals surface area contributed by atoms with Crippen LogP contribution >= 0.6 is 0 Å². The van der Waals surface area contributed by atoms with E-state index in [0.29, 0.717) is 23.7 Å². The van der Waals surface area contributed by atoms with Gasteiger partial charge in [-0.2, -0.15) is 0 Å². The molecule has 0 aromatic heterocycles. The van der Waals surface area contributed by atoms with Crippen LogP contribution in [0.2, 0.25) is 0 Å². The topological polar surface area (TPSA) is 135 Å². The number of carbonyl (C=O) groups is 3. The van der Waals surface area contributed by atoms with E-state index in [-0.39, 0.29) is 13.1 Å². The fraction of sp³-hybridized carbons (Fsp3) is 0.192. The molecule has 0 fully saturated rings. The molecule has 0 aliphatic heterocycles. The molecule has 1 atom stereocenters. The zero-order valence-corrected chi connectivity index (χ0v) is 19.4. The highest BCUT2D eigenvalue weighted by Crippen LogP contribution is 2.17. The third-order valence-corrected chi connectivity index (χ3v) is 4.99. The van der Waals surface area contributed by atoms with E-state index in [2.05, 4.69) is 21.3 Å². The maximum absolute atomic E-state index is 12.8. The van der Waals surface area contributed by atoms with Gasteiger partial charge in [0, 0.05) is 17.9 Å². The summed E-state index contributed by atoms with van der Waals surface area (Å²) < 4.78 is 5.75. The van der Waals surface area contributed by atoms with Crippen LogP contribution in [0.5, 0.6) is 5.75 Å². The summed E-state index contributed by atoms with van der Waals surface area (Å²) in [5.74, 6) is -0.267. The molecular formula is C26H29N5O4. The summed E-state index contributed by atoms with van der Waals surface area (Å²) >= 11 is 0. The van der Waals surface area contributed by atoms with Crippen LogP contribution in [0, 0.1) is 6.92 Å². The van der Waals surface area contributed by atoms with Gasteiger partial charge in [-0.1, -0.05) is 48.0 Å². The van der Waals surface area contributed by atoms with Gasteiger partial charge in [-0.05, 0) is 48.9 Å². The molecule has 0 unspecified atom stereocenters. The van der Waals surface area contributed by atoms with Gasteiger partial charge in [0.15, 0.2) is 0 Å². The number of nitrogens with one attached hydrogen (secondary N) is 4. The Morgan fingerprint density at radius 1 is 0.857 bits per heavy atom. The Kier molecular flexibility index (Phi) is 9.21. The summed E-state index contributed by atoms with van der Waals surface area (Å²) in [5.41, 5.74) is 8.50. The van der Waals surface area contributed by atoms with Gasteiger partial charge in [0.25, 0.3) is 0 Å². The number of rotatable bonds is 10. The van der Waals surface area contributed by atoms with Crippen LogP contribution in [-0.2, 0) is 16.2 Å². The third kappa shape index (κ3) is 8.49. The minimum absolute atomic E-state index is 0.118. The number of amides is 4. The number of hydrogen-bond acceptors (Lipinski definition) is 5. The average Bonchev–Trinajstić information content (AvgIpc) is 2.87. The molecule has 0 aliphatic carbocycles. The van der Waals surface area contributed by atoms with E-state index in [4.69, 9.17) is 10.5 Å². The average molecular weight is 476 g/mol. The van der Waals surface area contributed by atoms with Crippen LogP contribution in [0.15, 0.2) is 78.9 Å². The van der Waals surface area contributed by atoms with Gasteiger partial charge in [0.05, 0.1) is 6.54 Å². The molecule has 0 radical (unpaired) electrons. The van der Waals surface area contributed by atoms with Crippen LogP contribution < -0.4 is 31.7 Å². The number of benzene rings is 3. The van der Waals surface area contributed by atoms with Gasteiger partial charge in [-0.3, -0.25) is 9.59 Å². The van der Waals surface area contributed by atoms with Crippen molar-refractivity contribution in [1.29, 1.82) is 0 Å². The summed E-state index contributed by atoms with van der Waals surface area (Å²) in [6.07, 6.45) is 0. The second kappa shape index (κ2) is 12.8. The first-order valence-corrected chi connectivity index (χ1v) is 11.1. The summed E-state index contributed by atoms with van der Waals surface area (Å²) in [7, 11) is 0. The summed E-state index contributed by atoms with van der Waals surface area (Å²) in [6, 6.07) is 22.2. The highest BCUT2D eigenvalue weighted by Gasteiger charge is 2.22. The molecule has 9 heteroatoms. The van der Waals surface area contributed by atoms with Crippen LogP contribution in [0.25, 0.3) is 0 Å². The first-order chi connectivity index (χ1) is 16.9. The van der Waals surface area contributed by atoms with Gasteiger partial charge >= 0.3 is 6.03 Å². The van der Waals surface area contributed by atoms with Crippen molar-refractivity contribution in [3.63, 3.8) is 0 Å². The highest BCUT2D eigenvalue weighted by molar-refractivity contribution is 5.99. The molecule has 4 amide bonds. The number of aryl methyl sites for hydroxylation is 1. The molecule has 6 N–H and O–H groups in total. The van der Waals surface area contributed by atoms with Gasteiger partial charge in [-0.25, -0.2) is 4.79 Å². The molecule has 0 heterocycles. The first-order valence-electron chi connectivity index (χ1n) is 11.1. The van der Waals surface area contributed by atoms with Crippen LogP contribution in [0.1, 0.15) is 11.1 Å². The number of hydrogen-bond donors (Lipinski definition) is 5. The Morgan fingerprint density at radius 2 is 1.49 bits per heavy atom. The molecule has 9 nitrogen and oxygen atoms in total. The fourth-order valence-electron chi connectivity index (χ4n) is 3.06. The molecular weight excluding hydrogens is 446 g/mol. The maximum Gasteiger partial charge on any atom is 0.319 e. The van der Waals surface area contributed by atoms with Crippen molar-refractivity contribution in [2.45, 2.75) is 19.6 Å². The smallest absolute Gasteiger partial charge is 0.319 e. The van der Waals surface area contributed by atoms with Crippen LogP contribution in [-0.4, -0.2) is 37.0 Å². The Labute approximate surface area is 204 Å². The predicted molar refractivity (Wildman–Crippen MR) is 135 cm³/mol. The van der Waals surface area contributed by atoms with E-state index < -0.39 is 23.9 Å². The molecule has 0 saturated carbocycles. The quantitative estimate of drug-likeness (QED) is 0.307. The Morgan fingerprint density at radius 3 is 2.14 bits per heavy atom. The number of nitrogens with two attached hydrogens (primary N) is 1. The molecule has 0 aliphatic rings. The van der Waals surface area contributed by atoms with E-state index in [1.807, 2.05) is 49.4 Å². The van der Waals surface area contributed by atoms with Crippen molar-refractivity contribution < 1.29 is 19.1 Å². The number of urea groups is 1. The second-order valence-corrected chi connectivity index (χ2v) is 7.81. The molecule has 3 aromatic carbocycles. The van der Waals surface area contributed by atoms with Crippen molar-refractivity contribution in [2.24, 2.45) is 5.73 Å². The van der Waals surface area contributed by atoms with Gasteiger partial charge in [0.1, 0.15) is 18.4 Å². The monoisotopic (exact) mass is 475 g/mol. The zero-order chi connectivity index (χ0) is 25.0. The van der Waals surface area contributed by atoms with Crippen molar-refractivity contribution in [2.75, 3.05) is 23.7 Å². The lowest BCUT2D eigenvalue weighted by Gasteiger charge is -2.19. The molecule has 35 heavy (non-hydrogen) atoms. The van der Waals surface area contributed by atoms with E-state index in [9.17, 15) is 14.4 Å². The highest BCUT2D eigenvalue weighted by atomic mass is 16.5. The lowest BCUT2D eigenvalue weighted by molar-refractivity contribution is -0.120. The van der Waals surface area contributed by atoms with E-state index in [1.54, 1.807) is 36.4 Å². The molecule has 3 rings (SSSR count). The van der Waals surface area contributed by atoms with Gasteiger partial charge in [-0.15, -0.1) is 0 Å². The van der Waals surface area contributed by atoms with Gasteiger partial charge in [0.2, 0.25) is 11.8 Å². The zero-order valence-electron chi connectivity index (χ0n) is 19.4. The molecule has 0 spiro atoms. The Bertz CT molecular complexity index is 1120. The number of carbonyl (C=O) groups excluding carboxylic acids is 3. The molecule has 182 valence electrons. The minimum Gasteiger partial charge on any atom is -0.489 e. The molecule has 3 aromatic rings. The first kappa shape index (κ1) is 25.3. The van der Waals surface area contributed by atoms with Crippen LogP contribution in [0.4, 0.5) is 16.2 Å². The van der Waals surface area contributed by atoms with Crippen molar-refractivity contribution in [1.82, 2.24) is 10.6 Å². The Balaban J connectivity index is 1.56. The van der Waals surface area contributed by atoms with E-state index in [0.717, 1.165) is 11.1 Å². The number of ether oxygens (including phenoxy) is 1. The molecule has 0 saturated heterocycles. The van der Waals surface area contributed by atoms with Crippen molar-refractivity contribution in [3.05, 3.63) is 90.0 Å². The third-order valence-electron chi connectivity index (χ3n) is 4.99. The van der Waals surface area contributed by atoms with Crippen LogP contribution in [0.3, 0.4) is 0 Å².